The van der Waals surface area contributed by atoms with E-state index in [1.54, 1.807) is 6.07 Å². The molecule has 1 unspecified atom stereocenters. The van der Waals surface area contributed by atoms with Crippen LogP contribution in [-0.2, 0) is 11.0 Å². The standard InChI is InChI=1S/C17H14F3NO2S/c18-17(19,20)11-4-3-5-12(8-11)24-10-16(22)21-14-9-23-15-7-2-1-6-13(14)15/h1-8,14H,9-10H2,(H,21,22). The first-order chi connectivity index (χ1) is 11.4. The number of fused-ring (bicyclic) bond motifs is 1. The molecule has 1 aliphatic heterocycles. The number of ether oxygens (including phenoxy) is 1. The van der Waals surface area contributed by atoms with Gasteiger partial charge in [-0.05, 0) is 24.3 Å². The molecule has 2 aromatic rings. The summed E-state index contributed by atoms with van der Waals surface area (Å²) in [6, 6.07) is 12.2. The Morgan fingerprint density at radius 2 is 2.00 bits per heavy atom. The van der Waals surface area contributed by atoms with Crippen LogP contribution >= 0.6 is 11.8 Å². The van der Waals surface area contributed by atoms with E-state index in [-0.39, 0.29) is 17.7 Å². The average Bonchev–Trinajstić information content (AvgIpc) is 2.96. The molecule has 0 bridgehead atoms. The summed E-state index contributed by atoms with van der Waals surface area (Å²) in [6.45, 7) is 0.360. The summed E-state index contributed by atoms with van der Waals surface area (Å²) in [6.07, 6.45) is -4.39. The number of amides is 1. The third-order valence-electron chi connectivity index (χ3n) is 3.57. The van der Waals surface area contributed by atoms with E-state index in [2.05, 4.69) is 5.32 Å². The highest BCUT2D eigenvalue weighted by atomic mass is 32.2. The quantitative estimate of drug-likeness (QED) is 0.843. The van der Waals surface area contributed by atoms with Crippen molar-refractivity contribution in [3.8, 4) is 5.75 Å². The number of thioether (sulfide) groups is 1. The minimum Gasteiger partial charge on any atom is -0.491 e. The largest absolute Gasteiger partial charge is 0.491 e. The van der Waals surface area contributed by atoms with Crippen molar-refractivity contribution in [3.63, 3.8) is 0 Å². The lowest BCUT2D eigenvalue weighted by molar-refractivity contribution is -0.137. The topological polar surface area (TPSA) is 38.3 Å². The van der Waals surface area contributed by atoms with Crippen molar-refractivity contribution in [2.24, 2.45) is 0 Å². The lowest BCUT2D eigenvalue weighted by Crippen LogP contribution is -2.30. The first-order valence-electron chi connectivity index (χ1n) is 7.24. The number of rotatable bonds is 4. The van der Waals surface area contributed by atoms with Gasteiger partial charge in [0.15, 0.2) is 0 Å². The van der Waals surface area contributed by atoms with E-state index in [0.717, 1.165) is 35.2 Å². The van der Waals surface area contributed by atoms with Crippen LogP contribution in [0.3, 0.4) is 0 Å². The van der Waals surface area contributed by atoms with Crippen LogP contribution in [-0.4, -0.2) is 18.3 Å². The summed E-state index contributed by atoms with van der Waals surface area (Å²) >= 11 is 1.07. The summed E-state index contributed by atoms with van der Waals surface area (Å²) in [5, 5.41) is 2.84. The molecule has 1 amide bonds. The van der Waals surface area contributed by atoms with Crippen LogP contribution in [0.5, 0.6) is 5.75 Å². The zero-order chi connectivity index (χ0) is 17.2. The van der Waals surface area contributed by atoms with Crippen molar-refractivity contribution in [1.82, 2.24) is 5.32 Å². The molecular formula is C17H14F3NO2S. The molecular weight excluding hydrogens is 339 g/mol. The van der Waals surface area contributed by atoms with Crippen LogP contribution in [0, 0.1) is 0 Å². The highest BCUT2D eigenvalue weighted by molar-refractivity contribution is 8.00. The summed E-state index contributed by atoms with van der Waals surface area (Å²) in [4.78, 5) is 12.5. The normalized spacial score (nSPS) is 16.4. The number of benzene rings is 2. The molecule has 24 heavy (non-hydrogen) atoms. The highest BCUT2D eigenvalue weighted by Crippen LogP contribution is 2.33. The molecule has 126 valence electrons. The number of nitrogens with one attached hydrogen (secondary N) is 1. The molecule has 1 heterocycles. The Kier molecular flexibility index (Phi) is 4.71. The number of hydrogen-bond donors (Lipinski definition) is 1. The van der Waals surface area contributed by atoms with E-state index in [1.165, 1.54) is 6.07 Å². The van der Waals surface area contributed by atoms with E-state index >= 15 is 0 Å². The molecule has 0 aliphatic carbocycles. The Hall–Kier alpha value is -2.15. The second-order valence-electron chi connectivity index (χ2n) is 5.28. The fourth-order valence-electron chi connectivity index (χ4n) is 2.43. The molecule has 1 aliphatic rings. The van der Waals surface area contributed by atoms with Gasteiger partial charge in [-0.1, -0.05) is 24.3 Å². The number of para-hydroxylation sites is 1. The van der Waals surface area contributed by atoms with E-state index in [1.807, 2.05) is 24.3 Å². The Balaban J connectivity index is 1.57. The molecule has 0 radical (unpaired) electrons. The van der Waals surface area contributed by atoms with Crippen LogP contribution in [0.4, 0.5) is 13.2 Å². The number of alkyl halides is 3. The predicted molar refractivity (Wildman–Crippen MR) is 85.0 cm³/mol. The summed E-state index contributed by atoms with van der Waals surface area (Å²) in [5.41, 5.74) is 0.195. The molecule has 0 aromatic heterocycles. The molecule has 7 heteroatoms. The smallest absolute Gasteiger partial charge is 0.416 e. The Morgan fingerprint density at radius 3 is 2.79 bits per heavy atom. The zero-order valence-electron chi connectivity index (χ0n) is 12.5. The van der Waals surface area contributed by atoms with Crippen LogP contribution < -0.4 is 10.1 Å². The van der Waals surface area contributed by atoms with E-state index in [9.17, 15) is 18.0 Å². The first kappa shape index (κ1) is 16.7. The maximum Gasteiger partial charge on any atom is 0.416 e. The molecule has 1 N–H and O–H groups in total. The molecule has 3 rings (SSSR count). The van der Waals surface area contributed by atoms with Gasteiger partial charge in [0.1, 0.15) is 12.4 Å². The van der Waals surface area contributed by atoms with Crippen molar-refractivity contribution in [2.45, 2.75) is 17.1 Å². The third kappa shape index (κ3) is 3.84. The molecule has 0 spiro atoms. The highest BCUT2D eigenvalue weighted by Gasteiger charge is 2.30. The number of halogens is 3. The molecule has 3 nitrogen and oxygen atoms in total. The lowest BCUT2D eigenvalue weighted by Gasteiger charge is -2.12. The van der Waals surface area contributed by atoms with Gasteiger partial charge in [0, 0.05) is 10.5 Å². The first-order valence-corrected chi connectivity index (χ1v) is 8.23. The fourth-order valence-corrected chi connectivity index (χ4v) is 3.20. The van der Waals surface area contributed by atoms with Gasteiger partial charge in [-0.3, -0.25) is 4.79 Å². The van der Waals surface area contributed by atoms with Crippen molar-refractivity contribution in [1.29, 1.82) is 0 Å². The number of hydrogen-bond acceptors (Lipinski definition) is 3. The second-order valence-corrected chi connectivity index (χ2v) is 6.33. The van der Waals surface area contributed by atoms with Crippen LogP contribution in [0.15, 0.2) is 53.4 Å². The zero-order valence-corrected chi connectivity index (χ0v) is 13.3. The second kappa shape index (κ2) is 6.76. The Morgan fingerprint density at radius 1 is 1.21 bits per heavy atom. The molecule has 0 fully saturated rings. The van der Waals surface area contributed by atoms with Crippen molar-refractivity contribution >= 4 is 17.7 Å². The van der Waals surface area contributed by atoms with Gasteiger partial charge in [-0.2, -0.15) is 13.2 Å². The van der Waals surface area contributed by atoms with Gasteiger partial charge in [0.25, 0.3) is 0 Å². The van der Waals surface area contributed by atoms with Gasteiger partial charge >= 0.3 is 6.18 Å². The van der Waals surface area contributed by atoms with E-state index < -0.39 is 11.7 Å². The minimum absolute atomic E-state index is 0.0416. The molecule has 0 saturated carbocycles. The minimum atomic E-state index is -4.39. The number of carbonyl (C=O) groups excluding carboxylic acids is 1. The van der Waals surface area contributed by atoms with Crippen molar-refractivity contribution in [3.05, 3.63) is 59.7 Å². The molecule has 1 atom stereocenters. The van der Waals surface area contributed by atoms with Gasteiger partial charge in [-0.15, -0.1) is 11.8 Å². The summed E-state index contributed by atoms with van der Waals surface area (Å²) < 4.78 is 43.5. The Bertz CT molecular complexity index is 749. The predicted octanol–water partition coefficient (Wildman–Crippen LogP) is 4.05. The van der Waals surface area contributed by atoms with Gasteiger partial charge in [0.05, 0.1) is 17.4 Å². The maximum absolute atomic E-state index is 12.7. The lowest BCUT2D eigenvalue weighted by atomic mass is 10.1. The molecule has 0 saturated heterocycles. The maximum atomic E-state index is 12.7. The van der Waals surface area contributed by atoms with Gasteiger partial charge in [0.2, 0.25) is 5.91 Å². The SMILES string of the molecule is O=C(CSc1cccc(C(F)(F)F)c1)NC1COc2ccccc21. The number of carbonyl (C=O) groups is 1. The monoisotopic (exact) mass is 353 g/mol. The Labute approximate surface area is 141 Å². The average molecular weight is 353 g/mol. The van der Waals surface area contributed by atoms with Crippen molar-refractivity contribution < 1.29 is 22.7 Å². The van der Waals surface area contributed by atoms with Crippen LogP contribution in [0.2, 0.25) is 0 Å². The van der Waals surface area contributed by atoms with Crippen LogP contribution in [0.25, 0.3) is 0 Å². The van der Waals surface area contributed by atoms with E-state index in [0.29, 0.717) is 11.5 Å². The summed E-state index contributed by atoms with van der Waals surface area (Å²) in [7, 11) is 0. The van der Waals surface area contributed by atoms with Gasteiger partial charge in [-0.25, -0.2) is 0 Å². The summed E-state index contributed by atoms with van der Waals surface area (Å²) in [5.74, 6) is 0.538. The van der Waals surface area contributed by atoms with E-state index in [4.69, 9.17) is 4.74 Å². The van der Waals surface area contributed by atoms with Crippen LogP contribution in [0.1, 0.15) is 17.2 Å². The fraction of sp³-hybridized carbons (Fsp3) is 0.235. The molecule has 2 aromatic carbocycles. The van der Waals surface area contributed by atoms with Crippen molar-refractivity contribution in [2.75, 3.05) is 12.4 Å². The van der Waals surface area contributed by atoms with Gasteiger partial charge < -0.3 is 10.1 Å². The third-order valence-corrected chi connectivity index (χ3v) is 4.56.